The molecule has 0 aliphatic carbocycles. The van der Waals surface area contributed by atoms with E-state index in [1.54, 1.807) is 0 Å². The third-order valence-corrected chi connectivity index (χ3v) is 4.06. The Morgan fingerprint density at radius 2 is 2.00 bits per heavy atom. The number of anilines is 1. The maximum absolute atomic E-state index is 12.4. The van der Waals surface area contributed by atoms with Crippen LogP contribution in [0.4, 0.5) is 5.69 Å². The van der Waals surface area contributed by atoms with Crippen molar-refractivity contribution >= 4 is 28.8 Å². The van der Waals surface area contributed by atoms with Crippen molar-refractivity contribution in [2.45, 2.75) is 45.7 Å². The average Bonchev–Trinajstić information content (AvgIpc) is 2.46. The van der Waals surface area contributed by atoms with Gasteiger partial charge in [-0.25, -0.2) is 0 Å². The first kappa shape index (κ1) is 17.6. The van der Waals surface area contributed by atoms with Gasteiger partial charge >= 0.3 is 0 Å². The van der Waals surface area contributed by atoms with Gasteiger partial charge in [0.2, 0.25) is 5.91 Å². The molecule has 0 aromatic heterocycles. The predicted octanol–water partition coefficient (Wildman–Crippen LogP) is 2.77. The predicted molar refractivity (Wildman–Crippen MR) is 92.6 cm³/mol. The Bertz CT molecular complexity index is 504. The Kier molecular flexibility index (Phi) is 6.78. The monoisotopic (exact) mass is 307 g/mol. The van der Waals surface area contributed by atoms with Crippen LogP contribution in [0.3, 0.4) is 0 Å². The van der Waals surface area contributed by atoms with Gasteiger partial charge in [0.15, 0.2) is 0 Å². The van der Waals surface area contributed by atoms with Crippen LogP contribution in [-0.4, -0.2) is 34.9 Å². The van der Waals surface area contributed by atoms with Crippen LogP contribution < -0.4 is 11.1 Å². The lowest BCUT2D eigenvalue weighted by molar-refractivity contribution is -0.121. The van der Waals surface area contributed by atoms with Crippen LogP contribution >= 0.6 is 12.2 Å². The molecule has 0 aliphatic rings. The quantitative estimate of drug-likeness (QED) is 0.761. The Labute approximate surface area is 132 Å². The van der Waals surface area contributed by atoms with Crippen molar-refractivity contribution in [3.63, 3.8) is 0 Å². The number of carbonyl (C=O) groups excluding carboxylic acids is 1. The van der Waals surface area contributed by atoms with E-state index in [0.717, 1.165) is 12.8 Å². The number of amides is 1. The Balaban J connectivity index is 2.79. The van der Waals surface area contributed by atoms with Crippen molar-refractivity contribution < 1.29 is 4.79 Å². The summed E-state index contributed by atoms with van der Waals surface area (Å²) in [4.78, 5) is 14.8. The molecule has 0 heterocycles. The van der Waals surface area contributed by atoms with Gasteiger partial charge < -0.3 is 11.1 Å². The van der Waals surface area contributed by atoms with E-state index < -0.39 is 0 Å². The molecule has 1 amide bonds. The smallest absolute Gasteiger partial charge is 0.241 e. The zero-order valence-corrected chi connectivity index (χ0v) is 14.0. The van der Waals surface area contributed by atoms with E-state index in [1.807, 2.05) is 38.2 Å². The third kappa shape index (κ3) is 4.79. The third-order valence-electron chi connectivity index (χ3n) is 3.84. The number of benzene rings is 1. The standard InChI is InChI=1S/C16H25N3OS/c1-5-8-11(2)19(4)12(3)16(20)18-14-10-7-6-9-13(14)15(17)21/h6-7,9-12H,5,8H2,1-4H3,(H2,17,21)(H,18,20). The van der Waals surface area contributed by atoms with Crippen molar-refractivity contribution in [3.05, 3.63) is 29.8 Å². The van der Waals surface area contributed by atoms with Crippen LogP contribution in [0.5, 0.6) is 0 Å². The maximum Gasteiger partial charge on any atom is 0.241 e. The SMILES string of the molecule is CCCC(C)N(C)C(C)C(=O)Nc1ccccc1C(N)=S. The number of para-hydroxylation sites is 1. The number of nitrogens with two attached hydrogens (primary N) is 1. The molecule has 0 aliphatic heterocycles. The van der Waals surface area contributed by atoms with Gasteiger partial charge in [0.05, 0.1) is 11.7 Å². The van der Waals surface area contributed by atoms with Gasteiger partial charge in [-0.15, -0.1) is 0 Å². The minimum Gasteiger partial charge on any atom is -0.389 e. The minimum atomic E-state index is -0.217. The number of nitrogens with one attached hydrogen (secondary N) is 1. The molecule has 2 atom stereocenters. The second-order valence-electron chi connectivity index (χ2n) is 5.38. The topological polar surface area (TPSA) is 58.4 Å². The van der Waals surface area contributed by atoms with Gasteiger partial charge in [-0.05, 0) is 39.4 Å². The number of rotatable bonds is 7. The molecule has 2 unspecified atom stereocenters. The minimum absolute atomic E-state index is 0.0517. The lowest BCUT2D eigenvalue weighted by atomic mass is 10.1. The molecule has 0 saturated heterocycles. The molecule has 1 aromatic carbocycles. The second-order valence-corrected chi connectivity index (χ2v) is 5.82. The van der Waals surface area contributed by atoms with Crippen molar-refractivity contribution in [1.82, 2.24) is 4.90 Å². The van der Waals surface area contributed by atoms with Crippen molar-refractivity contribution in [3.8, 4) is 0 Å². The van der Waals surface area contributed by atoms with Crippen LogP contribution in [0.2, 0.25) is 0 Å². The molecule has 0 saturated carbocycles. The molecule has 5 heteroatoms. The Morgan fingerprint density at radius 1 is 1.38 bits per heavy atom. The molecule has 0 spiro atoms. The lowest BCUT2D eigenvalue weighted by Crippen LogP contribution is -2.44. The van der Waals surface area contributed by atoms with Crippen LogP contribution in [0.15, 0.2) is 24.3 Å². The van der Waals surface area contributed by atoms with Crippen molar-refractivity contribution in [1.29, 1.82) is 0 Å². The van der Waals surface area contributed by atoms with Gasteiger partial charge in [0, 0.05) is 11.6 Å². The number of likely N-dealkylation sites (N-methyl/N-ethyl adjacent to an activating group) is 1. The number of hydrogen-bond acceptors (Lipinski definition) is 3. The number of thiocarbonyl (C=S) groups is 1. The van der Waals surface area contributed by atoms with Gasteiger partial charge in [0.25, 0.3) is 0 Å². The molecule has 1 aromatic rings. The molecule has 116 valence electrons. The van der Waals surface area contributed by atoms with E-state index in [2.05, 4.69) is 24.1 Å². The fraction of sp³-hybridized carbons (Fsp3) is 0.500. The van der Waals surface area contributed by atoms with E-state index >= 15 is 0 Å². The number of nitrogens with zero attached hydrogens (tertiary/aromatic N) is 1. The average molecular weight is 307 g/mol. The highest BCUT2D eigenvalue weighted by Gasteiger charge is 2.22. The first-order chi connectivity index (χ1) is 9.88. The number of carbonyl (C=O) groups is 1. The highest BCUT2D eigenvalue weighted by atomic mass is 32.1. The summed E-state index contributed by atoms with van der Waals surface area (Å²) in [6.07, 6.45) is 2.17. The summed E-state index contributed by atoms with van der Waals surface area (Å²) in [5, 5.41) is 2.92. The maximum atomic E-state index is 12.4. The molecule has 21 heavy (non-hydrogen) atoms. The van der Waals surface area contributed by atoms with Crippen LogP contribution in [0.1, 0.15) is 39.2 Å². The normalized spacial score (nSPS) is 13.8. The molecule has 0 fully saturated rings. The number of hydrogen-bond donors (Lipinski definition) is 2. The van der Waals surface area contributed by atoms with E-state index in [1.165, 1.54) is 0 Å². The van der Waals surface area contributed by atoms with Gasteiger partial charge in [-0.3, -0.25) is 9.69 Å². The summed E-state index contributed by atoms with van der Waals surface area (Å²) >= 11 is 5.01. The summed E-state index contributed by atoms with van der Waals surface area (Å²) in [5.74, 6) is -0.0517. The summed E-state index contributed by atoms with van der Waals surface area (Å²) in [5.41, 5.74) is 7.04. The van der Waals surface area contributed by atoms with Gasteiger partial charge in [-0.2, -0.15) is 0 Å². The molecule has 1 rings (SSSR count). The first-order valence-corrected chi connectivity index (χ1v) is 7.70. The zero-order valence-electron chi connectivity index (χ0n) is 13.2. The highest BCUT2D eigenvalue weighted by Crippen LogP contribution is 2.16. The Morgan fingerprint density at radius 3 is 2.57 bits per heavy atom. The van der Waals surface area contributed by atoms with E-state index in [-0.39, 0.29) is 16.9 Å². The highest BCUT2D eigenvalue weighted by molar-refractivity contribution is 7.80. The van der Waals surface area contributed by atoms with Crippen LogP contribution in [0, 0.1) is 0 Å². The van der Waals surface area contributed by atoms with Crippen LogP contribution in [-0.2, 0) is 4.79 Å². The summed E-state index contributed by atoms with van der Waals surface area (Å²) in [6, 6.07) is 7.47. The van der Waals surface area contributed by atoms with Crippen molar-refractivity contribution in [2.24, 2.45) is 5.73 Å². The lowest BCUT2D eigenvalue weighted by Gasteiger charge is -2.30. The van der Waals surface area contributed by atoms with E-state index in [0.29, 0.717) is 17.3 Å². The van der Waals surface area contributed by atoms with Crippen LogP contribution in [0.25, 0.3) is 0 Å². The van der Waals surface area contributed by atoms with Crippen molar-refractivity contribution in [2.75, 3.05) is 12.4 Å². The van der Waals surface area contributed by atoms with Gasteiger partial charge in [-0.1, -0.05) is 37.7 Å². The Hall–Kier alpha value is -1.46. The summed E-state index contributed by atoms with van der Waals surface area (Å²) < 4.78 is 0. The fourth-order valence-corrected chi connectivity index (χ4v) is 2.41. The molecular formula is C16H25N3OS. The largest absolute Gasteiger partial charge is 0.389 e. The second kappa shape index (κ2) is 8.10. The summed E-state index contributed by atoms with van der Waals surface area (Å²) in [7, 11) is 1.98. The fourth-order valence-electron chi connectivity index (χ4n) is 2.23. The molecule has 0 radical (unpaired) electrons. The van der Waals surface area contributed by atoms with E-state index in [9.17, 15) is 4.79 Å². The zero-order chi connectivity index (χ0) is 16.0. The summed E-state index contributed by atoms with van der Waals surface area (Å²) in [6.45, 7) is 6.19. The molecule has 3 N–H and O–H groups in total. The van der Waals surface area contributed by atoms with E-state index in [4.69, 9.17) is 18.0 Å². The molecule has 0 bridgehead atoms. The molecule has 4 nitrogen and oxygen atoms in total. The first-order valence-electron chi connectivity index (χ1n) is 7.30. The van der Waals surface area contributed by atoms with Gasteiger partial charge in [0.1, 0.15) is 4.99 Å². The molecular weight excluding hydrogens is 282 g/mol.